The van der Waals surface area contributed by atoms with Gasteiger partial charge in [-0.1, -0.05) is 13.8 Å². The number of ether oxygens (including phenoxy) is 2. The van der Waals surface area contributed by atoms with Crippen LogP contribution in [0.3, 0.4) is 0 Å². The lowest BCUT2D eigenvalue weighted by atomic mass is 10.0. The van der Waals surface area contributed by atoms with E-state index in [4.69, 9.17) is 9.47 Å². The Morgan fingerprint density at radius 2 is 1.69 bits per heavy atom. The lowest BCUT2D eigenvalue weighted by molar-refractivity contribution is -0.253. The first-order valence-electron chi connectivity index (χ1n) is 6.43. The van der Waals surface area contributed by atoms with Gasteiger partial charge in [0.05, 0.1) is 19.3 Å². The molecule has 1 fully saturated rings. The summed E-state index contributed by atoms with van der Waals surface area (Å²) in [6.45, 7) is 12.2. The van der Waals surface area contributed by atoms with Crippen LogP contribution in [0.25, 0.3) is 0 Å². The highest BCUT2D eigenvalue weighted by atomic mass is 16.7. The zero-order valence-corrected chi connectivity index (χ0v) is 11.4. The third-order valence-electron chi connectivity index (χ3n) is 2.96. The minimum atomic E-state index is -0.403. The minimum absolute atomic E-state index is 0.343. The topological polar surface area (TPSA) is 30.5 Å². The van der Waals surface area contributed by atoms with Crippen LogP contribution < -0.4 is 5.32 Å². The second-order valence-corrected chi connectivity index (χ2v) is 5.76. The molecule has 1 saturated heterocycles. The van der Waals surface area contributed by atoms with Gasteiger partial charge >= 0.3 is 0 Å². The van der Waals surface area contributed by atoms with Gasteiger partial charge in [-0.25, -0.2) is 0 Å². The molecule has 0 spiro atoms. The average molecular weight is 229 g/mol. The van der Waals surface area contributed by atoms with Crippen molar-refractivity contribution in [3.8, 4) is 0 Å². The molecular weight excluding hydrogens is 202 g/mol. The highest BCUT2D eigenvalue weighted by Crippen LogP contribution is 2.17. The van der Waals surface area contributed by atoms with E-state index in [1.807, 2.05) is 13.8 Å². The smallest absolute Gasteiger partial charge is 0.162 e. The second kappa shape index (κ2) is 5.99. The summed E-state index contributed by atoms with van der Waals surface area (Å²) in [4.78, 5) is 0. The first-order chi connectivity index (χ1) is 7.39. The van der Waals surface area contributed by atoms with E-state index in [9.17, 15) is 0 Å². The van der Waals surface area contributed by atoms with Crippen molar-refractivity contribution >= 4 is 0 Å². The molecule has 1 aliphatic rings. The van der Waals surface area contributed by atoms with Gasteiger partial charge in [-0.05, 0) is 39.5 Å². The standard InChI is InChI=1S/C13H27NO2/c1-10(2)6-7-11(3)14-12-8-15-13(4,5)16-9-12/h10-12,14H,6-9H2,1-5H3. The molecule has 16 heavy (non-hydrogen) atoms. The number of hydrogen-bond donors (Lipinski definition) is 1. The van der Waals surface area contributed by atoms with Crippen molar-refractivity contribution in [1.29, 1.82) is 0 Å². The fraction of sp³-hybridized carbons (Fsp3) is 1.00. The van der Waals surface area contributed by atoms with E-state index in [1.165, 1.54) is 12.8 Å². The van der Waals surface area contributed by atoms with Gasteiger partial charge in [-0.15, -0.1) is 0 Å². The molecule has 0 amide bonds. The van der Waals surface area contributed by atoms with E-state index in [2.05, 4.69) is 26.1 Å². The molecule has 1 rings (SSSR count). The molecule has 1 N–H and O–H groups in total. The highest BCUT2D eigenvalue weighted by molar-refractivity contribution is 4.76. The lowest BCUT2D eigenvalue weighted by Crippen LogP contribution is -2.50. The van der Waals surface area contributed by atoms with E-state index in [0.717, 1.165) is 19.1 Å². The van der Waals surface area contributed by atoms with Gasteiger partial charge in [0, 0.05) is 6.04 Å². The number of hydrogen-bond acceptors (Lipinski definition) is 3. The second-order valence-electron chi connectivity index (χ2n) is 5.76. The molecular formula is C13H27NO2. The van der Waals surface area contributed by atoms with Crippen molar-refractivity contribution in [2.75, 3.05) is 13.2 Å². The quantitative estimate of drug-likeness (QED) is 0.786. The minimum Gasteiger partial charge on any atom is -0.349 e. The zero-order valence-electron chi connectivity index (χ0n) is 11.4. The summed E-state index contributed by atoms with van der Waals surface area (Å²) in [5.41, 5.74) is 0. The molecule has 3 nitrogen and oxygen atoms in total. The first-order valence-corrected chi connectivity index (χ1v) is 6.43. The normalized spacial score (nSPS) is 23.6. The Bertz CT molecular complexity index is 194. The van der Waals surface area contributed by atoms with E-state index in [1.54, 1.807) is 0 Å². The fourth-order valence-electron chi connectivity index (χ4n) is 1.86. The number of nitrogens with one attached hydrogen (secondary N) is 1. The molecule has 0 bridgehead atoms. The van der Waals surface area contributed by atoms with Gasteiger partial charge in [-0.3, -0.25) is 0 Å². The van der Waals surface area contributed by atoms with Gasteiger partial charge in [-0.2, -0.15) is 0 Å². The Morgan fingerprint density at radius 1 is 1.12 bits per heavy atom. The zero-order chi connectivity index (χ0) is 12.2. The van der Waals surface area contributed by atoms with Crippen LogP contribution in [0.15, 0.2) is 0 Å². The fourth-order valence-corrected chi connectivity index (χ4v) is 1.86. The van der Waals surface area contributed by atoms with E-state index in [0.29, 0.717) is 12.1 Å². The molecule has 0 aromatic heterocycles. The maximum Gasteiger partial charge on any atom is 0.162 e. The van der Waals surface area contributed by atoms with Crippen molar-refractivity contribution in [3.05, 3.63) is 0 Å². The van der Waals surface area contributed by atoms with Gasteiger partial charge in [0.1, 0.15) is 0 Å². The van der Waals surface area contributed by atoms with Crippen molar-refractivity contribution in [1.82, 2.24) is 5.32 Å². The lowest BCUT2D eigenvalue weighted by Gasteiger charge is -2.36. The van der Waals surface area contributed by atoms with Crippen molar-refractivity contribution in [2.45, 2.75) is 65.3 Å². The van der Waals surface area contributed by atoms with Crippen LogP contribution >= 0.6 is 0 Å². The SMILES string of the molecule is CC(C)CCC(C)NC1COC(C)(C)OC1. The van der Waals surface area contributed by atoms with Crippen LogP contribution in [0.4, 0.5) is 0 Å². The summed E-state index contributed by atoms with van der Waals surface area (Å²) < 4.78 is 11.2. The monoisotopic (exact) mass is 229 g/mol. The molecule has 96 valence electrons. The number of rotatable bonds is 5. The maximum atomic E-state index is 5.62. The van der Waals surface area contributed by atoms with Crippen molar-refractivity contribution in [3.63, 3.8) is 0 Å². The van der Waals surface area contributed by atoms with E-state index >= 15 is 0 Å². The van der Waals surface area contributed by atoms with Gasteiger partial charge in [0.15, 0.2) is 5.79 Å². The molecule has 3 heteroatoms. The molecule has 1 atom stereocenters. The molecule has 0 saturated carbocycles. The van der Waals surface area contributed by atoms with Crippen molar-refractivity contribution in [2.24, 2.45) is 5.92 Å². The Kier molecular flexibility index (Phi) is 5.22. The third kappa shape index (κ3) is 5.28. The molecule has 0 aromatic rings. The first kappa shape index (κ1) is 13.9. The molecule has 1 heterocycles. The van der Waals surface area contributed by atoms with Crippen LogP contribution in [0.5, 0.6) is 0 Å². The van der Waals surface area contributed by atoms with Crippen LogP contribution in [0, 0.1) is 5.92 Å². The molecule has 0 aromatic carbocycles. The summed E-state index contributed by atoms with van der Waals surface area (Å²) in [7, 11) is 0. The van der Waals surface area contributed by atoms with Gasteiger partial charge < -0.3 is 14.8 Å². The Hall–Kier alpha value is -0.120. The van der Waals surface area contributed by atoms with Gasteiger partial charge in [0.25, 0.3) is 0 Å². The van der Waals surface area contributed by atoms with Crippen molar-refractivity contribution < 1.29 is 9.47 Å². The summed E-state index contributed by atoms with van der Waals surface area (Å²) in [5, 5.41) is 3.56. The largest absolute Gasteiger partial charge is 0.349 e. The average Bonchev–Trinajstić information content (AvgIpc) is 2.18. The predicted molar refractivity (Wildman–Crippen MR) is 66.4 cm³/mol. The Labute approximate surface area is 99.9 Å². The van der Waals surface area contributed by atoms with Crippen LogP contribution in [-0.2, 0) is 9.47 Å². The van der Waals surface area contributed by atoms with Crippen LogP contribution in [0.1, 0.15) is 47.5 Å². The van der Waals surface area contributed by atoms with Crippen LogP contribution in [-0.4, -0.2) is 31.1 Å². The van der Waals surface area contributed by atoms with E-state index < -0.39 is 5.79 Å². The van der Waals surface area contributed by atoms with Gasteiger partial charge in [0.2, 0.25) is 0 Å². The predicted octanol–water partition coefficient (Wildman–Crippen LogP) is 2.55. The molecule has 0 aliphatic carbocycles. The molecule has 0 radical (unpaired) electrons. The highest BCUT2D eigenvalue weighted by Gasteiger charge is 2.28. The Balaban J connectivity index is 2.18. The molecule has 1 aliphatic heterocycles. The van der Waals surface area contributed by atoms with E-state index in [-0.39, 0.29) is 0 Å². The Morgan fingerprint density at radius 3 is 2.19 bits per heavy atom. The maximum absolute atomic E-state index is 5.62. The summed E-state index contributed by atoms with van der Waals surface area (Å²) >= 11 is 0. The van der Waals surface area contributed by atoms with Crippen LogP contribution in [0.2, 0.25) is 0 Å². The molecule has 1 unspecified atom stereocenters. The summed E-state index contributed by atoms with van der Waals surface area (Å²) in [5.74, 6) is 0.376. The third-order valence-corrected chi connectivity index (χ3v) is 2.96. The summed E-state index contributed by atoms with van der Waals surface area (Å²) in [6, 6.07) is 0.885. The summed E-state index contributed by atoms with van der Waals surface area (Å²) in [6.07, 6.45) is 2.49.